The Labute approximate surface area is 95.9 Å². The van der Waals surface area contributed by atoms with Gasteiger partial charge in [0, 0.05) is 13.1 Å². The van der Waals surface area contributed by atoms with Crippen molar-refractivity contribution in [3.63, 3.8) is 0 Å². The highest BCUT2D eigenvalue weighted by atomic mass is 79.9. The molecule has 3 nitrogen and oxygen atoms in total. The summed E-state index contributed by atoms with van der Waals surface area (Å²) in [4.78, 5) is 0. The van der Waals surface area contributed by atoms with Crippen LogP contribution < -0.4 is 0 Å². The fourth-order valence-electron chi connectivity index (χ4n) is 1.21. The van der Waals surface area contributed by atoms with Crippen molar-refractivity contribution >= 4 is 37.3 Å². The molecule has 2 rings (SSSR count). The maximum Gasteiger partial charge on any atom is 0.252 e. The first-order valence-corrected chi connectivity index (χ1v) is 7.33. The largest absolute Gasteiger partial charge is 0.252 e. The SMILES string of the molecule is Cc1cc(S(=O)(=O)N2CCC2)sc1Br. The van der Waals surface area contributed by atoms with E-state index in [2.05, 4.69) is 15.9 Å². The fourth-order valence-corrected chi connectivity index (χ4v) is 5.11. The third kappa shape index (κ3) is 1.64. The van der Waals surface area contributed by atoms with Crippen molar-refractivity contribution < 1.29 is 8.42 Å². The predicted molar refractivity (Wildman–Crippen MR) is 60.1 cm³/mol. The van der Waals surface area contributed by atoms with Crippen molar-refractivity contribution in [2.24, 2.45) is 0 Å². The minimum atomic E-state index is -3.18. The number of hydrogen-bond acceptors (Lipinski definition) is 3. The molecule has 2 heterocycles. The lowest BCUT2D eigenvalue weighted by atomic mass is 10.3. The molecule has 1 aliphatic heterocycles. The summed E-state index contributed by atoms with van der Waals surface area (Å²) in [5, 5.41) is 0. The van der Waals surface area contributed by atoms with Crippen LogP contribution in [0.3, 0.4) is 0 Å². The van der Waals surface area contributed by atoms with Crippen LogP contribution in [0.4, 0.5) is 0 Å². The fraction of sp³-hybridized carbons (Fsp3) is 0.500. The third-order valence-electron chi connectivity index (χ3n) is 2.24. The molecule has 0 aromatic carbocycles. The van der Waals surface area contributed by atoms with Crippen LogP contribution in [0, 0.1) is 6.92 Å². The van der Waals surface area contributed by atoms with Crippen molar-refractivity contribution in [2.45, 2.75) is 17.6 Å². The molecule has 1 aromatic heterocycles. The van der Waals surface area contributed by atoms with Crippen LogP contribution in [0.5, 0.6) is 0 Å². The second kappa shape index (κ2) is 3.59. The standard InChI is InChI=1S/C8H10BrNO2S2/c1-6-5-7(13-8(6)9)14(11,12)10-3-2-4-10/h5H,2-4H2,1H3. The zero-order valence-electron chi connectivity index (χ0n) is 7.66. The summed E-state index contributed by atoms with van der Waals surface area (Å²) in [6.45, 7) is 3.23. The average molecular weight is 296 g/mol. The van der Waals surface area contributed by atoms with Gasteiger partial charge >= 0.3 is 0 Å². The molecule has 0 bridgehead atoms. The van der Waals surface area contributed by atoms with Gasteiger partial charge in [0.15, 0.2) is 0 Å². The molecule has 0 atom stereocenters. The van der Waals surface area contributed by atoms with Gasteiger partial charge in [-0.15, -0.1) is 11.3 Å². The first kappa shape index (κ1) is 10.6. The van der Waals surface area contributed by atoms with Crippen LogP contribution in [0.15, 0.2) is 14.1 Å². The Bertz CT molecular complexity index is 428. The van der Waals surface area contributed by atoms with Gasteiger partial charge in [-0.3, -0.25) is 0 Å². The van der Waals surface area contributed by atoms with E-state index in [-0.39, 0.29) is 0 Å². The maximum absolute atomic E-state index is 11.9. The van der Waals surface area contributed by atoms with Crippen LogP contribution in [-0.2, 0) is 10.0 Å². The van der Waals surface area contributed by atoms with E-state index in [0.717, 1.165) is 15.8 Å². The molecule has 14 heavy (non-hydrogen) atoms. The normalized spacial score (nSPS) is 18.1. The van der Waals surface area contributed by atoms with Crippen molar-refractivity contribution in [1.82, 2.24) is 4.31 Å². The van der Waals surface area contributed by atoms with Crippen LogP contribution in [0.1, 0.15) is 12.0 Å². The second-order valence-corrected chi connectivity index (χ2v) is 7.81. The smallest absolute Gasteiger partial charge is 0.206 e. The van der Waals surface area contributed by atoms with Gasteiger partial charge in [0.25, 0.3) is 10.0 Å². The molecule has 1 aromatic rings. The Balaban J connectivity index is 2.38. The van der Waals surface area contributed by atoms with E-state index >= 15 is 0 Å². The summed E-state index contributed by atoms with van der Waals surface area (Å²) in [5.74, 6) is 0. The number of aryl methyl sites for hydroxylation is 1. The Morgan fingerprint density at radius 2 is 2.14 bits per heavy atom. The molecule has 0 N–H and O–H groups in total. The molecule has 0 spiro atoms. The number of rotatable bonds is 2. The minimum Gasteiger partial charge on any atom is -0.206 e. The van der Waals surface area contributed by atoms with Gasteiger partial charge in [-0.2, -0.15) is 4.31 Å². The average Bonchev–Trinajstić information content (AvgIpc) is 2.28. The zero-order chi connectivity index (χ0) is 10.3. The lowest BCUT2D eigenvalue weighted by molar-refractivity contribution is 0.310. The highest BCUT2D eigenvalue weighted by Gasteiger charge is 2.30. The van der Waals surface area contributed by atoms with Gasteiger partial charge in [-0.05, 0) is 40.9 Å². The zero-order valence-corrected chi connectivity index (χ0v) is 10.9. The molecule has 1 aliphatic rings. The Kier molecular flexibility index (Phi) is 2.72. The van der Waals surface area contributed by atoms with Crippen molar-refractivity contribution in [1.29, 1.82) is 0 Å². The quantitative estimate of drug-likeness (QED) is 0.839. The van der Waals surface area contributed by atoms with Crippen molar-refractivity contribution in [2.75, 3.05) is 13.1 Å². The molecular weight excluding hydrogens is 286 g/mol. The van der Waals surface area contributed by atoms with Gasteiger partial charge in [-0.1, -0.05) is 0 Å². The first-order valence-electron chi connectivity index (χ1n) is 4.28. The maximum atomic E-state index is 11.9. The summed E-state index contributed by atoms with van der Waals surface area (Å²) in [7, 11) is -3.18. The van der Waals surface area contributed by atoms with E-state index in [9.17, 15) is 8.42 Å². The summed E-state index contributed by atoms with van der Waals surface area (Å²) in [6, 6.07) is 1.72. The van der Waals surface area contributed by atoms with Crippen LogP contribution in [-0.4, -0.2) is 25.8 Å². The van der Waals surface area contributed by atoms with Crippen LogP contribution in [0.2, 0.25) is 0 Å². The number of hydrogen-bond donors (Lipinski definition) is 0. The summed E-state index contributed by atoms with van der Waals surface area (Å²) in [5.41, 5.74) is 0.981. The highest BCUT2D eigenvalue weighted by Crippen LogP contribution is 2.33. The van der Waals surface area contributed by atoms with Gasteiger partial charge in [0.1, 0.15) is 4.21 Å². The molecular formula is C8H10BrNO2S2. The van der Waals surface area contributed by atoms with Crippen LogP contribution in [0.25, 0.3) is 0 Å². The van der Waals surface area contributed by atoms with E-state index in [0.29, 0.717) is 17.3 Å². The first-order chi connectivity index (χ1) is 6.51. The van der Waals surface area contributed by atoms with E-state index in [1.807, 2.05) is 6.92 Å². The monoisotopic (exact) mass is 295 g/mol. The topological polar surface area (TPSA) is 37.4 Å². The summed E-state index contributed by atoms with van der Waals surface area (Å²) in [6.07, 6.45) is 0.977. The molecule has 1 saturated heterocycles. The molecule has 0 amide bonds. The number of halogens is 1. The Morgan fingerprint density at radius 1 is 1.50 bits per heavy atom. The van der Waals surface area contributed by atoms with E-state index in [1.165, 1.54) is 15.6 Å². The van der Waals surface area contributed by atoms with Gasteiger partial charge in [0.05, 0.1) is 3.79 Å². The Morgan fingerprint density at radius 3 is 2.50 bits per heavy atom. The number of thiophene rings is 1. The molecule has 0 saturated carbocycles. The van der Waals surface area contributed by atoms with Crippen molar-refractivity contribution in [3.8, 4) is 0 Å². The molecule has 0 unspecified atom stereocenters. The Hall–Kier alpha value is 0.0900. The van der Waals surface area contributed by atoms with Crippen LogP contribution >= 0.6 is 27.3 Å². The molecule has 6 heteroatoms. The van der Waals surface area contributed by atoms with E-state index < -0.39 is 10.0 Å². The van der Waals surface area contributed by atoms with Crippen molar-refractivity contribution in [3.05, 3.63) is 15.4 Å². The molecule has 78 valence electrons. The number of nitrogens with zero attached hydrogens (tertiary/aromatic N) is 1. The highest BCUT2D eigenvalue weighted by molar-refractivity contribution is 9.11. The summed E-state index contributed by atoms with van der Waals surface area (Å²) < 4.78 is 26.7. The molecule has 1 fully saturated rings. The van der Waals surface area contributed by atoms with E-state index in [4.69, 9.17) is 0 Å². The number of sulfonamides is 1. The van der Waals surface area contributed by atoms with Gasteiger partial charge in [-0.25, -0.2) is 8.42 Å². The third-order valence-corrected chi connectivity index (χ3v) is 6.73. The lowest BCUT2D eigenvalue weighted by Gasteiger charge is -2.28. The lowest BCUT2D eigenvalue weighted by Crippen LogP contribution is -2.41. The summed E-state index contributed by atoms with van der Waals surface area (Å²) >= 11 is 4.62. The van der Waals surface area contributed by atoms with Gasteiger partial charge < -0.3 is 0 Å². The van der Waals surface area contributed by atoms with E-state index in [1.54, 1.807) is 6.07 Å². The van der Waals surface area contributed by atoms with Gasteiger partial charge in [0.2, 0.25) is 0 Å². The molecule has 0 radical (unpaired) electrons. The predicted octanol–water partition coefficient (Wildman–Crippen LogP) is 2.21. The minimum absolute atomic E-state index is 0.446. The molecule has 0 aliphatic carbocycles. The second-order valence-electron chi connectivity index (χ2n) is 3.28.